The Kier molecular flexibility index (Phi) is 8.74. The molecule has 0 nitrogen and oxygen atoms in total. The molecule has 0 heterocycles. The monoisotopic (exact) mass is 214 g/mol. The molecule has 0 aliphatic rings. The van der Waals surface area contributed by atoms with E-state index in [4.69, 9.17) is 0 Å². The van der Waals surface area contributed by atoms with E-state index in [9.17, 15) is 4.39 Å². The maximum Gasteiger partial charge on any atom is 0.105 e. The lowest BCUT2D eigenvalue weighted by Gasteiger charge is -2.12. The first-order chi connectivity index (χ1) is 7.06. The van der Waals surface area contributed by atoms with Crippen molar-refractivity contribution >= 4 is 0 Å². The van der Waals surface area contributed by atoms with Crippen LogP contribution in [-0.4, -0.2) is 5.67 Å². The van der Waals surface area contributed by atoms with Gasteiger partial charge in [0.2, 0.25) is 0 Å². The summed E-state index contributed by atoms with van der Waals surface area (Å²) in [5, 5.41) is 0. The number of hydrogen-bond acceptors (Lipinski definition) is 0. The predicted octanol–water partition coefficient (Wildman–Crippen LogP) is 5.43. The van der Waals surface area contributed by atoms with Gasteiger partial charge in [-0.25, -0.2) is 4.39 Å². The van der Waals surface area contributed by atoms with E-state index >= 15 is 0 Å². The van der Waals surface area contributed by atoms with Gasteiger partial charge in [0, 0.05) is 0 Å². The van der Waals surface area contributed by atoms with Gasteiger partial charge in [0.25, 0.3) is 0 Å². The van der Waals surface area contributed by atoms with Crippen molar-refractivity contribution in [2.75, 3.05) is 0 Å². The molecule has 0 unspecified atom stereocenters. The molecular weight excluding hydrogens is 187 g/mol. The van der Waals surface area contributed by atoms with E-state index in [1.165, 1.54) is 38.5 Å². The normalized spacial score (nSPS) is 11.7. The lowest BCUT2D eigenvalue weighted by Crippen LogP contribution is -2.10. The highest BCUT2D eigenvalue weighted by atomic mass is 19.1. The largest absolute Gasteiger partial charge is 0.245 e. The summed E-state index contributed by atoms with van der Waals surface area (Å²) in [5.41, 5.74) is -0.968. The van der Waals surface area contributed by atoms with Crippen LogP contribution in [-0.2, 0) is 0 Å². The molecule has 0 radical (unpaired) electrons. The first kappa shape index (κ1) is 14.7. The standard InChI is InChI=1S/C14H27F/c1-4-5-6-7-8-9-10-11-12-13-14(2,3)15/h4H,1,5-13H2,2-3H3. The quantitative estimate of drug-likeness (QED) is 0.336. The summed E-state index contributed by atoms with van der Waals surface area (Å²) in [4.78, 5) is 0. The molecule has 0 N–H and O–H groups in total. The minimum absolute atomic E-state index is 0.712. The Balaban J connectivity index is 3.02. The van der Waals surface area contributed by atoms with Crippen molar-refractivity contribution in [1.82, 2.24) is 0 Å². The highest BCUT2D eigenvalue weighted by Gasteiger charge is 2.13. The number of rotatable bonds is 10. The molecule has 90 valence electrons. The number of unbranched alkanes of at least 4 members (excludes halogenated alkanes) is 7. The second-order valence-corrected chi connectivity index (χ2v) is 5.02. The van der Waals surface area contributed by atoms with Crippen molar-refractivity contribution < 1.29 is 4.39 Å². The van der Waals surface area contributed by atoms with Crippen molar-refractivity contribution in [3.63, 3.8) is 0 Å². The maximum atomic E-state index is 13.1. The molecular formula is C14H27F. The van der Waals surface area contributed by atoms with E-state index < -0.39 is 5.67 Å². The first-order valence-corrected chi connectivity index (χ1v) is 6.36. The zero-order chi connectivity index (χ0) is 11.6. The second-order valence-electron chi connectivity index (χ2n) is 5.02. The van der Waals surface area contributed by atoms with Gasteiger partial charge in [-0.3, -0.25) is 0 Å². The molecule has 0 bridgehead atoms. The number of alkyl halides is 1. The summed E-state index contributed by atoms with van der Waals surface area (Å²) >= 11 is 0. The van der Waals surface area contributed by atoms with Crippen LogP contribution in [0.15, 0.2) is 12.7 Å². The Labute approximate surface area is 95.0 Å². The first-order valence-electron chi connectivity index (χ1n) is 6.36. The maximum absolute atomic E-state index is 13.1. The molecule has 0 aliphatic carbocycles. The molecule has 0 fully saturated rings. The fourth-order valence-electron chi connectivity index (χ4n) is 1.72. The molecule has 0 aromatic rings. The van der Waals surface area contributed by atoms with Crippen LogP contribution in [0.25, 0.3) is 0 Å². The molecule has 0 atom stereocenters. The molecule has 0 amide bonds. The van der Waals surface area contributed by atoms with Crippen LogP contribution in [0.3, 0.4) is 0 Å². The van der Waals surface area contributed by atoms with E-state index in [1.807, 2.05) is 6.08 Å². The summed E-state index contributed by atoms with van der Waals surface area (Å²) < 4.78 is 13.1. The fraction of sp³-hybridized carbons (Fsp3) is 0.857. The highest BCUT2D eigenvalue weighted by molar-refractivity contribution is 4.66. The Morgan fingerprint density at radius 2 is 1.40 bits per heavy atom. The van der Waals surface area contributed by atoms with Gasteiger partial charge in [-0.2, -0.15) is 0 Å². The fourth-order valence-corrected chi connectivity index (χ4v) is 1.72. The molecule has 0 aromatic heterocycles. The third-order valence-electron chi connectivity index (χ3n) is 2.68. The van der Waals surface area contributed by atoms with Crippen molar-refractivity contribution in [2.24, 2.45) is 0 Å². The molecule has 15 heavy (non-hydrogen) atoms. The molecule has 0 aromatic carbocycles. The highest BCUT2D eigenvalue weighted by Crippen LogP contribution is 2.18. The molecule has 0 saturated heterocycles. The van der Waals surface area contributed by atoms with Gasteiger partial charge in [0.15, 0.2) is 0 Å². The van der Waals surface area contributed by atoms with Crippen molar-refractivity contribution in [3.05, 3.63) is 12.7 Å². The minimum atomic E-state index is -0.968. The Morgan fingerprint density at radius 1 is 0.933 bits per heavy atom. The Morgan fingerprint density at radius 3 is 1.87 bits per heavy atom. The van der Waals surface area contributed by atoms with Gasteiger partial charge in [-0.1, -0.05) is 44.6 Å². The van der Waals surface area contributed by atoms with E-state index in [0.29, 0.717) is 6.42 Å². The smallest absolute Gasteiger partial charge is 0.105 e. The zero-order valence-corrected chi connectivity index (χ0v) is 10.5. The summed E-state index contributed by atoms with van der Waals surface area (Å²) in [7, 11) is 0. The van der Waals surface area contributed by atoms with Crippen LogP contribution in [0, 0.1) is 0 Å². The second kappa shape index (κ2) is 8.94. The molecule has 0 rings (SSSR count). The topological polar surface area (TPSA) is 0 Å². The summed E-state index contributed by atoms with van der Waals surface area (Å²) in [6, 6.07) is 0. The zero-order valence-electron chi connectivity index (χ0n) is 10.5. The van der Waals surface area contributed by atoms with Gasteiger partial charge in [0.05, 0.1) is 0 Å². The van der Waals surface area contributed by atoms with Crippen molar-refractivity contribution in [3.8, 4) is 0 Å². The number of hydrogen-bond donors (Lipinski definition) is 0. The minimum Gasteiger partial charge on any atom is -0.245 e. The third-order valence-corrected chi connectivity index (χ3v) is 2.68. The van der Waals surface area contributed by atoms with E-state index in [1.54, 1.807) is 13.8 Å². The van der Waals surface area contributed by atoms with Gasteiger partial charge < -0.3 is 0 Å². The van der Waals surface area contributed by atoms with Gasteiger partial charge in [0.1, 0.15) is 5.67 Å². The number of allylic oxidation sites excluding steroid dienone is 1. The Bertz CT molecular complexity index is 144. The van der Waals surface area contributed by atoms with Crippen LogP contribution in [0.4, 0.5) is 4.39 Å². The van der Waals surface area contributed by atoms with Crippen LogP contribution in [0.1, 0.15) is 71.6 Å². The van der Waals surface area contributed by atoms with Crippen molar-refractivity contribution in [1.29, 1.82) is 0 Å². The lowest BCUT2D eigenvalue weighted by atomic mass is 10.0. The van der Waals surface area contributed by atoms with Gasteiger partial charge >= 0.3 is 0 Å². The van der Waals surface area contributed by atoms with E-state index in [-0.39, 0.29) is 0 Å². The SMILES string of the molecule is C=CCCCCCCCCCC(C)(C)F. The Hall–Kier alpha value is -0.330. The average molecular weight is 214 g/mol. The van der Waals surface area contributed by atoms with E-state index in [2.05, 4.69) is 6.58 Å². The van der Waals surface area contributed by atoms with Crippen LogP contribution in [0.2, 0.25) is 0 Å². The van der Waals surface area contributed by atoms with E-state index in [0.717, 1.165) is 12.8 Å². The van der Waals surface area contributed by atoms with Gasteiger partial charge in [-0.05, 0) is 33.1 Å². The molecule has 0 spiro atoms. The van der Waals surface area contributed by atoms with Crippen molar-refractivity contribution in [2.45, 2.75) is 77.3 Å². The lowest BCUT2D eigenvalue weighted by molar-refractivity contribution is 0.195. The third kappa shape index (κ3) is 13.7. The summed E-state index contributed by atoms with van der Waals surface area (Å²) in [6.45, 7) is 7.04. The van der Waals surface area contributed by atoms with Crippen LogP contribution >= 0.6 is 0 Å². The molecule has 1 heteroatoms. The average Bonchev–Trinajstić information content (AvgIpc) is 2.14. The summed E-state index contributed by atoms with van der Waals surface area (Å²) in [5.74, 6) is 0. The van der Waals surface area contributed by atoms with Crippen LogP contribution < -0.4 is 0 Å². The summed E-state index contributed by atoms with van der Waals surface area (Å²) in [6.07, 6.45) is 12.6. The molecule has 0 aliphatic heterocycles. The predicted molar refractivity (Wildman–Crippen MR) is 66.9 cm³/mol. The van der Waals surface area contributed by atoms with Gasteiger partial charge in [-0.15, -0.1) is 6.58 Å². The van der Waals surface area contributed by atoms with Crippen LogP contribution in [0.5, 0.6) is 0 Å². The molecule has 0 saturated carbocycles. The number of halogens is 1.